The van der Waals surface area contributed by atoms with Crippen LogP contribution in [0.3, 0.4) is 0 Å². The smallest absolute Gasteiger partial charge is 0.230 e. The van der Waals surface area contributed by atoms with E-state index in [2.05, 4.69) is 5.32 Å². The second kappa shape index (κ2) is 7.77. The average molecular weight is 394 g/mol. The van der Waals surface area contributed by atoms with E-state index < -0.39 is 5.41 Å². The highest BCUT2D eigenvalue weighted by molar-refractivity contribution is 6.35. The van der Waals surface area contributed by atoms with Gasteiger partial charge in [0.2, 0.25) is 5.91 Å². The molecule has 1 aliphatic rings. The van der Waals surface area contributed by atoms with Gasteiger partial charge in [-0.3, -0.25) is 4.79 Å². The fraction of sp³-hybridized carbons (Fsp3) is 0.350. The molecule has 2 aromatic rings. The van der Waals surface area contributed by atoms with Crippen LogP contribution < -0.4 is 14.8 Å². The second-order valence-electron chi connectivity index (χ2n) is 6.73. The van der Waals surface area contributed by atoms with Crippen molar-refractivity contribution in [3.8, 4) is 11.5 Å². The van der Waals surface area contributed by atoms with Crippen LogP contribution in [0.4, 0.5) is 0 Å². The van der Waals surface area contributed by atoms with E-state index in [0.29, 0.717) is 47.7 Å². The van der Waals surface area contributed by atoms with Gasteiger partial charge in [0.15, 0.2) is 11.5 Å². The Bertz CT molecular complexity index is 821. The molecule has 1 amide bonds. The topological polar surface area (TPSA) is 47.6 Å². The molecule has 0 saturated carbocycles. The van der Waals surface area contributed by atoms with Gasteiger partial charge >= 0.3 is 0 Å². The van der Waals surface area contributed by atoms with Crippen molar-refractivity contribution in [3.05, 3.63) is 57.6 Å². The van der Waals surface area contributed by atoms with E-state index in [1.54, 1.807) is 12.1 Å². The molecule has 26 heavy (non-hydrogen) atoms. The van der Waals surface area contributed by atoms with Crippen molar-refractivity contribution in [3.63, 3.8) is 0 Å². The zero-order valence-corrected chi connectivity index (χ0v) is 16.3. The summed E-state index contributed by atoms with van der Waals surface area (Å²) in [6, 6.07) is 11.0. The fourth-order valence-corrected chi connectivity index (χ4v) is 3.32. The molecule has 138 valence electrons. The van der Waals surface area contributed by atoms with Gasteiger partial charge in [0.25, 0.3) is 0 Å². The van der Waals surface area contributed by atoms with Gasteiger partial charge in [0.05, 0.1) is 5.41 Å². The van der Waals surface area contributed by atoms with Gasteiger partial charge in [0, 0.05) is 16.6 Å². The largest absolute Gasteiger partial charge is 0.486 e. The maximum Gasteiger partial charge on any atom is 0.230 e. The van der Waals surface area contributed by atoms with E-state index in [1.807, 2.05) is 38.1 Å². The Hall–Kier alpha value is -1.91. The first-order chi connectivity index (χ1) is 12.4. The predicted molar refractivity (Wildman–Crippen MR) is 104 cm³/mol. The number of nitrogens with one attached hydrogen (secondary N) is 1. The summed E-state index contributed by atoms with van der Waals surface area (Å²) in [6.45, 7) is 5.34. The molecule has 1 N–H and O–H groups in total. The van der Waals surface area contributed by atoms with Crippen molar-refractivity contribution in [1.82, 2.24) is 5.32 Å². The standard InChI is InChI=1S/C20H21Cl2NO3/c1-20(2,14-4-6-17-18(11-14)26-10-9-25-17)19(24)23-8-7-13-3-5-15(21)12-16(13)22/h3-6,11-12H,7-10H2,1-2H3,(H,23,24). The first-order valence-electron chi connectivity index (χ1n) is 8.50. The van der Waals surface area contributed by atoms with Gasteiger partial charge in [0.1, 0.15) is 13.2 Å². The van der Waals surface area contributed by atoms with Gasteiger partial charge in [-0.2, -0.15) is 0 Å². The Morgan fingerprint density at radius 2 is 1.81 bits per heavy atom. The summed E-state index contributed by atoms with van der Waals surface area (Å²) >= 11 is 12.1. The van der Waals surface area contributed by atoms with Crippen molar-refractivity contribution in [2.24, 2.45) is 0 Å². The lowest BCUT2D eigenvalue weighted by molar-refractivity contribution is -0.125. The van der Waals surface area contributed by atoms with Crippen LogP contribution in [0.5, 0.6) is 11.5 Å². The van der Waals surface area contributed by atoms with E-state index >= 15 is 0 Å². The predicted octanol–water partition coefficient (Wildman–Crippen LogP) is 4.40. The number of carbonyl (C=O) groups is 1. The van der Waals surface area contributed by atoms with Crippen LogP contribution in [0.2, 0.25) is 10.0 Å². The summed E-state index contributed by atoms with van der Waals surface area (Å²) in [6.07, 6.45) is 0.638. The minimum absolute atomic E-state index is 0.0562. The Kier molecular flexibility index (Phi) is 5.64. The van der Waals surface area contributed by atoms with Crippen molar-refractivity contribution < 1.29 is 14.3 Å². The molecular weight excluding hydrogens is 373 g/mol. The highest BCUT2D eigenvalue weighted by Gasteiger charge is 2.31. The first-order valence-corrected chi connectivity index (χ1v) is 9.26. The molecule has 1 aliphatic heterocycles. The van der Waals surface area contributed by atoms with E-state index in [1.165, 1.54) is 0 Å². The van der Waals surface area contributed by atoms with Crippen molar-refractivity contribution in [2.45, 2.75) is 25.7 Å². The molecule has 0 aromatic heterocycles. The molecule has 0 bridgehead atoms. The highest BCUT2D eigenvalue weighted by Crippen LogP contribution is 2.35. The molecule has 0 atom stereocenters. The Balaban J connectivity index is 1.64. The van der Waals surface area contributed by atoms with Gasteiger partial charge < -0.3 is 14.8 Å². The maximum absolute atomic E-state index is 12.7. The van der Waals surface area contributed by atoms with E-state index in [9.17, 15) is 4.79 Å². The Morgan fingerprint density at radius 3 is 2.54 bits per heavy atom. The Labute approximate surface area is 163 Å². The number of rotatable bonds is 5. The van der Waals surface area contributed by atoms with Crippen molar-refractivity contribution in [1.29, 1.82) is 0 Å². The number of halogens is 2. The molecule has 0 saturated heterocycles. The molecule has 0 aliphatic carbocycles. The summed E-state index contributed by atoms with van der Waals surface area (Å²) < 4.78 is 11.2. The van der Waals surface area contributed by atoms with Crippen LogP contribution in [-0.2, 0) is 16.6 Å². The van der Waals surface area contributed by atoms with Crippen LogP contribution in [0.15, 0.2) is 36.4 Å². The number of benzene rings is 2. The Morgan fingerprint density at radius 1 is 1.08 bits per heavy atom. The normalized spacial score (nSPS) is 13.4. The van der Waals surface area contributed by atoms with Gasteiger partial charge in [-0.1, -0.05) is 35.3 Å². The molecular formula is C20H21Cl2NO3. The van der Waals surface area contributed by atoms with Crippen molar-refractivity contribution >= 4 is 29.1 Å². The molecule has 6 heteroatoms. The number of ether oxygens (including phenoxy) is 2. The van der Waals surface area contributed by atoms with Gasteiger partial charge in [-0.05, 0) is 55.7 Å². The lowest BCUT2D eigenvalue weighted by atomic mass is 9.83. The van der Waals surface area contributed by atoms with Crippen LogP contribution in [-0.4, -0.2) is 25.7 Å². The minimum atomic E-state index is -0.695. The van der Waals surface area contributed by atoms with E-state index in [-0.39, 0.29) is 5.91 Å². The zero-order valence-electron chi connectivity index (χ0n) is 14.8. The van der Waals surface area contributed by atoms with Crippen LogP contribution in [0.25, 0.3) is 0 Å². The zero-order chi connectivity index (χ0) is 18.7. The van der Waals surface area contributed by atoms with E-state index in [4.69, 9.17) is 32.7 Å². The summed E-state index contributed by atoms with van der Waals surface area (Å²) in [7, 11) is 0. The monoisotopic (exact) mass is 393 g/mol. The molecule has 0 unspecified atom stereocenters. The van der Waals surface area contributed by atoms with Gasteiger partial charge in [-0.15, -0.1) is 0 Å². The van der Waals surface area contributed by atoms with Crippen LogP contribution >= 0.6 is 23.2 Å². The maximum atomic E-state index is 12.7. The summed E-state index contributed by atoms with van der Waals surface area (Å²) in [4.78, 5) is 12.7. The number of carbonyl (C=O) groups excluding carboxylic acids is 1. The molecule has 0 spiro atoms. The second-order valence-corrected chi connectivity index (χ2v) is 7.57. The molecule has 0 radical (unpaired) electrons. The number of hydrogen-bond donors (Lipinski definition) is 1. The van der Waals surface area contributed by atoms with Crippen LogP contribution in [0.1, 0.15) is 25.0 Å². The SMILES string of the molecule is CC(C)(C(=O)NCCc1ccc(Cl)cc1Cl)c1ccc2c(c1)OCCO2. The third-order valence-corrected chi connectivity index (χ3v) is 5.11. The number of fused-ring (bicyclic) bond motifs is 1. The fourth-order valence-electron chi connectivity index (χ4n) is 2.82. The molecule has 0 fully saturated rings. The lowest BCUT2D eigenvalue weighted by Crippen LogP contribution is -2.41. The highest BCUT2D eigenvalue weighted by atomic mass is 35.5. The molecule has 1 heterocycles. The van der Waals surface area contributed by atoms with Crippen LogP contribution in [0, 0.1) is 0 Å². The summed E-state index contributed by atoms with van der Waals surface area (Å²) in [5, 5.41) is 4.20. The molecule has 2 aromatic carbocycles. The molecule has 3 rings (SSSR count). The molecule has 4 nitrogen and oxygen atoms in total. The third kappa shape index (κ3) is 4.08. The quantitative estimate of drug-likeness (QED) is 0.818. The summed E-state index contributed by atoms with van der Waals surface area (Å²) in [5.41, 5.74) is 1.14. The van der Waals surface area contributed by atoms with E-state index in [0.717, 1.165) is 11.1 Å². The number of hydrogen-bond acceptors (Lipinski definition) is 3. The lowest BCUT2D eigenvalue weighted by Gasteiger charge is -2.26. The minimum Gasteiger partial charge on any atom is -0.486 e. The first kappa shape index (κ1) is 18.9. The number of amides is 1. The summed E-state index contributed by atoms with van der Waals surface area (Å²) in [5.74, 6) is 1.34. The van der Waals surface area contributed by atoms with Crippen molar-refractivity contribution in [2.75, 3.05) is 19.8 Å². The third-order valence-electron chi connectivity index (χ3n) is 4.53. The van der Waals surface area contributed by atoms with Gasteiger partial charge in [-0.25, -0.2) is 0 Å². The average Bonchev–Trinajstić information content (AvgIpc) is 2.63.